The van der Waals surface area contributed by atoms with Gasteiger partial charge in [0.2, 0.25) is 0 Å². The van der Waals surface area contributed by atoms with E-state index in [-0.39, 0.29) is 12.4 Å². The summed E-state index contributed by atoms with van der Waals surface area (Å²) >= 11 is 3.14. The molecule has 4 atom stereocenters. The second-order valence-corrected chi connectivity index (χ2v) is 4.90. The van der Waals surface area contributed by atoms with Crippen LogP contribution in [0.5, 0.6) is 0 Å². The van der Waals surface area contributed by atoms with E-state index in [0.29, 0.717) is 0 Å². The summed E-state index contributed by atoms with van der Waals surface area (Å²) in [6.45, 7) is -0.417. The molecule has 2 heterocycles. The van der Waals surface area contributed by atoms with Gasteiger partial charge in [-0.05, 0) is 0 Å². The Bertz CT molecular complexity index is 517. The Hall–Kier alpha value is -0.740. The van der Waals surface area contributed by atoms with E-state index >= 15 is 0 Å². The Morgan fingerprint density at radius 3 is 2.79 bits per heavy atom. The average molecular weight is 361 g/mol. The van der Waals surface area contributed by atoms with Crippen LogP contribution in [0, 0.1) is 5.82 Å². The predicted molar refractivity (Wildman–Crippen MR) is 69.8 cm³/mol. The third-order valence-corrected chi connectivity index (χ3v) is 3.68. The molecule has 1 aromatic heterocycles. The second kappa shape index (κ2) is 6.14. The highest BCUT2D eigenvalue weighted by atomic mass is 79.9. The average Bonchev–Trinajstić information content (AvgIpc) is 2.61. The zero-order valence-electron chi connectivity index (χ0n) is 9.44. The molecule has 1 aromatic rings. The lowest BCUT2D eigenvalue weighted by Crippen LogP contribution is -2.33. The van der Waals surface area contributed by atoms with Crippen LogP contribution in [0.4, 0.5) is 10.2 Å². The number of aromatic nitrogens is 2. The van der Waals surface area contributed by atoms with Gasteiger partial charge in [0, 0.05) is 0 Å². The number of hydrogen-bond acceptors (Lipinski definition) is 6. The smallest absolute Gasteiger partial charge is 0.351 e. The van der Waals surface area contributed by atoms with Crippen molar-refractivity contribution in [1.82, 2.24) is 9.55 Å². The first-order chi connectivity index (χ1) is 8.45. The van der Waals surface area contributed by atoms with Crippen molar-refractivity contribution in [3.63, 3.8) is 0 Å². The molecule has 7 nitrogen and oxygen atoms in total. The first-order valence-electron chi connectivity index (χ1n) is 5.08. The number of aliphatic hydroxyl groups is 2. The van der Waals surface area contributed by atoms with Gasteiger partial charge in [-0.3, -0.25) is 4.57 Å². The molecule has 0 bridgehead atoms. The van der Waals surface area contributed by atoms with Gasteiger partial charge in [-0.1, -0.05) is 15.9 Å². The number of nitrogens with two attached hydrogens (primary N) is 1. The Balaban J connectivity index is 0.00000180. The van der Waals surface area contributed by atoms with E-state index in [0.717, 1.165) is 10.8 Å². The Morgan fingerprint density at radius 2 is 2.26 bits per heavy atom. The van der Waals surface area contributed by atoms with E-state index in [1.54, 1.807) is 0 Å². The zero-order valence-corrected chi connectivity index (χ0v) is 11.8. The molecule has 0 amide bonds. The topological polar surface area (TPSA) is 111 Å². The first kappa shape index (κ1) is 16.3. The molecular formula is C9H12BrClFN3O4. The third kappa shape index (κ3) is 2.90. The SMILES string of the molecule is Cl.Nc1nc(=O)n([C@@H]2O[C@H](CO)[C@@H](O)[C@@H]2Br)cc1F. The van der Waals surface area contributed by atoms with E-state index < -0.39 is 47.2 Å². The minimum absolute atomic E-state index is 0. The number of nitrogen functional groups attached to an aromatic ring is 1. The molecule has 4 N–H and O–H groups in total. The van der Waals surface area contributed by atoms with Crippen LogP contribution in [0.25, 0.3) is 0 Å². The van der Waals surface area contributed by atoms with Gasteiger partial charge in [-0.25, -0.2) is 9.18 Å². The lowest BCUT2D eigenvalue weighted by atomic mass is 10.2. The van der Waals surface area contributed by atoms with Crippen LogP contribution in [0.3, 0.4) is 0 Å². The minimum atomic E-state index is -1.02. The summed E-state index contributed by atoms with van der Waals surface area (Å²) in [6, 6.07) is 0. The summed E-state index contributed by atoms with van der Waals surface area (Å²) in [5, 5.41) is 18.7. The normalized spacial score (nSPS) is 30.1. The lowest BCUT2D eigenvalue weighted by Gasteiger charge is -2.16. The highest BCUT2D eigenvalue weighted by Gasteiger charge is 2.43. The van der Waals surface area contributed by atoms with Gasteiger partial charge in [0.05, 0.1) is 23.7 Å². The summed E-state index contributed by atoms with van der Waals surface area (Å²) in [7, 11) is 0. The quantitative estimate of drug-likeness (QED) is 0.608. The molecule has 0 aliphatic carbocycles. The Kier molecular flexibility index (Phi) is 5.27. The van der Waals surface area contributed by atoms with Gasteiger partial charge in [0.15, 0.2) is 17.9 Å². The maximum absolute atomic E-state index is 13.3. The van der Waals surface area contributed by atoms with Crippen molar-refractivity contribution in [3.05, 3.63) is 22.5 Å². The van der Waals surface area contributed by atoms with Gasteiger partial charge in [0.1, 0.15) is 6.10 Å². The molecule has 1 saturated heterocycles. The Morgan fingerprint density at radius 1 is 1.63 bits per heavy atom. The van der Waals surface area contributed by atoms with E-state index in [1.807, 2.05) is 0 Å². The number of nitrogens with zero attached hydrogens (tertiary/aromatic N) is 2. The molecular weight excluding hydrogens is 348 g/mol. The van der Waals surface area contributed by atoms with Gasteiger partial charge in [0.25, 0.3) is 0 Å². The number of rotatable bonds is 2. The van der Waals surface area contributed by atoms with Crippen molar-refractivity contribution in [3.8, 4) is 0 Å². The number of ether oxygens (including phenoxy) is 1. The fourth-order valence-electron chi connectivity index (χ4n) is 1.72. The largest absolute Gasteiger partial charge is 0.394 e. The van der Waals surface area contributed by atoms with Crippen LogP contribution in [0.15, 0.2) is 11.0 Å². The van der Waals surface area contributed by atoms with Crippen LogP contribution < -0.4 is 11.4 Å². The van der Waals surface area contributed by atoms with Crippen LogP contribution >= 0.6 is 28.3 Å². The van der Waals surface area contributed by atoms with Gasteiger partial charge < -0.3 is 20.7 Å². The number of halogens is 3. The molecule has 0 saturated carbocycles. The maximum atomic E-state index is 13.3. The van der Waals surface area contributed by atoms with Crippen molar-refractivity contribution in [1.29, 1.82) is 0 Å². The fourth-order valence-corrected chi connectivity index (χ4v) is 2.44. The lowest BCUT2D eigenvalue weighted by molar-refractivity contribution is -0.0458. The fraction of sp³-hybridized carbons (Fsp3) is 0.556. The van der Waals surface area contributed by atoms with E-state index in [4.69, 9.17) is 15.6 Å². The molecule has 108 valence electrons. The number of aliphatic hydroxyl groups excluding tert-OH is 2. The molecule has 0 aromatic carbocycles. The van der Waals surface area contributed by atoms with E-state index in [1.165, 1.54) is 0 Å². The van der Waals surface area contributed by atoms with Crippen molar-refractivity contribution in [2.24, 2.45) is 0 Å². The van der Waals surface area contributed by atoms with Crippen LogP contribution in [0.2, 0.25) is 0 Å². The maximum Gasteiger partial charge on any atom is 0.351 e. The predicted octanol–water partition coefficient (Wildman–Crippen LogP) is -0.599. The second-order valence-electron chi connectivity index (χ2n) is 3.85. The molecule has 0 unspecified atom stereocenters. The van der Waals surface area contributed by atoms with Crippen LogP contribution in [-0.4, -0.2) is 43.4 Å². The summed E-state index contributed by atoms with van der Waals surface area (Å²) in [4.78, 5) is 14.2. The minimum Gasteiger partial charge on any atom is -0.394 e. The summed E-state index contributed by atoms with van der Waals surface area (Å²) in [5.74, 6) is -1.36. The van der Waals surface area contributed by atoms with Crippen molar-refractivity contribution >= 4 is 34.2 Å². The summed E-state index contributed by atoms with van der Waals surface area (Å²) in [5.41, 5.74) is 4.37. The van der Waals surface area contributed by atoms with Crippen LogP contribution in [0.1, 0.15) is 6.23 Å². The number of anilines is 1. The van der Waals surface area contributed by atoms with Gasteiger partial charge in [-0.2, -0.15) is 4.98 Å². The molecule has 1 aliphatic heterocycles. The van der Waals surface area contributed by atoms with E-state index in [9.17, 15) is 14.3 Å². The van der Waals surface area contributed by atoms with Crippen molar-refractivity contribution in [2.75, 3.05) is 12.3 Å². The molecule has 1 fully saturated rings. The summed E-state index contributed by atoms with van der Waals surface area (Å²) in [6.07, 6.45) is -1.98. The van der Waals surface area contributed by atoms with Crippen molar-refractivity contribution < 1.29 is 19.3 Å². The first-order valence-corrected chi connectivity index (χ1v) is 6.00. The van der Waals surface area contributed by atoms with Crippen molar-refractivity contribution in [2.45, 2.75) is 23.3 Å². The molecule has 1 aliphatic rings. The highest BCUT2D eigenvalue weighted by Crippen LogP contribution is 2.33. The number of hydrogen-bond donors (Lipinski definition) is 3. The van der Waals surface area contributed by atoms with Gasteiger partial charge in [-0.15, -0.1) is 12.4 Å². The van der Waals surface area contributed by atoms with Crippen LogP contribution in [-0.2, 0) is 4.74 Å². The zero-order chi connectivity index (χ0) is 13.4. The summed E-state index contributed by atoms with van der Waals surface area (Å²) < 4.78 is 19.4. The monoisotopic (exact) mass is 359 g/mol. The standard InChI is InChI=1S/C9H11BrFN3O4.ClH/c10-5-6(16)4(2-15)18-8(5)14-1-3(11)7(12)13-9(14)17;/h1,4-6,8,15-16H,2H2,(H2,12,13,17);1H/t4-,5+,6-,8-;/m1./s1. The molecule has 0 radical (unpaired) electrons. The highest BCUT2D eigenvalue weighted by molar-refractivity contribution is 9.09. The Labute approximate surface area is 121 Å². The molecule has 2 rings (SSSR count). The molecule has 19 heavy (non-hydrogen) atoms. The number of alkyl halides is 1. The van der Waals surface area contributed by atoms with Gasteiger partial charge >= 0.3 is 5.69 Å². The van der Waals surface area contributed by atoms with E-state index in [2.05, 4.69) is 20.9 Å². The molecule has 0 spiro atoms. The molecule has 10 heteroatoms. The third-order valence-electron chi connectivity index (χ3n) is 2.68.